The van der Waals surface area contributed by atoms with Gasteiger partial charge in [0, 0.05) is 25.7 Å². The highest BCUT2D eigenvalue weighted by molar-refractivity contribution is 7.87. The smallest absolute Gasteiger partial charge is 0.279 e. The summed E-state index contributed by atoms with van der Waals surface area (Å²) in [5.74, 6) is 0. The standard InChI is InChI=1S/C12H23N3O2S2/c1-10(2)15(5)19(16,17)13-8-12(14(3)4)11-6-7-18-9-11/h6-7,9-10,12-13H,8H2,1-5H3. The molecule has 1 N–H and O–H groups in total. The fourth-order valence-corrected chi connectivity index (χ4v) is 3.46. The number of nitrogens with one attached hydrogen (secondary N) is 1. The fraction of sp³-hybridized carbons (Fsp3) is 0.667. The molecule has 0 aliphatic rings. The first kappa shape index (κ1) is 16.6. The van der Waals surface area contributed by atoms with Gasteiger partial charge in [-0.15, -0.1) is 0 Å². The molecule has 1 rings (SSSR count). The Kier molecular flexibility index (Phi) is 5.94. The van der Waals surface area contributed by atoms with Crippen LogP contribution in [0.4, 0.5) is 0 Å². The van der Waals surface area contributed by atoms with E-state index in [4.69, 9.17) is 0 Å². The minimum atomic E-state index is -3.42. The van der Waals surface area contributed by atoms with Crippen molar-refractivity contribution in [2.45, 2.75) is 25.9 Å². The minimum Gasteiger partial charge on any atom is -0.301 e. The zero-order valence-corrected chi connectivity index (χ0v) is 13.8. The first-order valence-electron chi connectivity index (χ1n) is 6.17. The summed E-state index contributed by atoms with van der Waals surface area (Å²) >= 11 is 1.62. The van der Waals surface area contributed by atoms with Gasteiger partial charge in [-0.2, -0.15) is 24.1 Å². The van der Waals surface area contributed by atoms with Crippen LogP contribution in [0.15, 0.2) is 16.8 Å². The average molecular weight is 305 g/mol. The van der Waals surface area contributed by atoms with Gasteiger partial charge in [0.1, 0.15) is 0 Å². The molecule has 0 aliphatic heterocycles. The van der Waals surface area contributed by atoms with Crippen molar-refractivity contribution in [2.75, 3.05) is 27.7 Å². The van der Waals surface area contributed by atoms with E-state index < -0.39 is 10.2 Å². The lowest BCUT2D eigenvalue weighted by Gasteiger charge is -2.26. The van der Waals surface area contributed by atoms with Crippen molar-refractivity contribution >= 4 is 21.5 Å². The summed E-state index contributed by atoms with van der Waals surface area (Å²) in [6.07, 6.45) is 0. The molecule has 0 saturated heterocycles. The quantitative estimate of drug-likeness (QED) is 0.831. The third kappa shape index (κ3) is 4.54. The molecule has 0 radical (unpaired) electrons. The predicted molar refractivity (Wildman–Crippen MR) is 80.6 cm³/mol. The molecule has 0 aliphatic carbocycles. The van der Waals surface area contributed by atoms with Crippen LogP contribution in [-0.4, -0.2) is 51.4 Å². The van der Waals surface area contributed by atoms with Gasteiger partial charge in [-0.3, -0.25) is 0 Å². The normalized spacial score (nSPS) is 14.5. The van der Waals surface area contributed by atoms with Crippen LogP contribution in [0, 0.1) is 0 Å². The molecule has 1 aromatic heterocycles. The largest absolute Gasteiger partial charge is 0.301 e. The first-order valence-corrected chi connectivity index (χ1v) is 8.55. The zero-order chi connectivity index (χ0) is 14.6. The highest BCUT2D eigenvalue weighted by Crippen LogP contribution is 2.20. The first-order chi connectivity index (χ1) is 8.75. The van der Waals surface area contributed by atoms with Crippen molar-refractivity contribution < 1.29 is 8.42 Å². The minimum absolute atomic E-state index is 0.0431. The number of thiophene rings is 1. The third-order valence-corrected chi connectivity index (χ3v) is 5.53. The van der Waals surface area contributed by atoms with E-state index in [0.717, 1.165) is 5.56 Å². The van der Waals surface area contributed by atoms with E-state index in [2.05, 4.69) is 4.72 Å². The molecule has 110 valence electrons. The van der Waals surface area contributed by atoms with Gasteiger partial charge in [-0.05, 0) is 50.3 Å². The molecule has 0 aromatic carbocycles. The summed E-state index contributed by atoms with van der Waals surface area (Å²) in [6.45, 7) is 4.06. The van der Waals surface area contributed by atoms with E-state index in [-0.39, 0.29) is 12.1 Å². The average Bonchev–Trinajstić information content (AvgIpc) is 2.81. The Hall–Kier alpha value is -0.470. The van der Waals surface area contributed by atoms with Crippen LogP contribution in [0.25, 0.3) is 0 Å². The van der Waals surface area contributed by atoms with Gasteiger partial charge >= 0.3 is 0 Å². The van der Waals surface area contributed by atoms with E-state index in [1.807, 2.05) is 49.7 Å². The van der Waals surface area contributed by atoms with Gasteiger partial charge in [0.15, 0.2) is 0 Å². The molecule has 0 amide bonds. The number of nitrogens with zero attached hydrogens (tertiary/aromatic N) is 2. The molecule has 0 bridgehead atoms. The van der Waals surface area contributed by atoms with Gasteiger partial charge in [-0.25, -0.2) is 4.72 Å². The molecule has 0 saturated carbocycles. The second kappa shape index (κ2) is 6.81. The van der Waals surface area contributed by atoms with Crippen molar-refractivity contribution in [3.05, 3.63) is 22.4 Å². The Labute approximate surface area is 120 Å². The van der Waals surface area contributed by atoms with E-state index in [0.29, 0.717) is 6.54 Å². The molecule has 19 heavy (non-hydrogen) atoms. The van der Waals surface area contributed by atoms with Crippen molar-refractivity contribution in [1.82, 2.24) is 13.9 Å². The molecule has 1 aromatic rings. The van der Waals surface area contributed by atoms with Gasteiger partial charge in [0.25, 0.3) is 10.2 Å². The summed E-state index contributed by atoms with van der Waals surface area (Å²) in [5, 5.41) is 4.05. The van der Waals surface area contributed by atoms with Crippen LogP contribution in [0.3, 0.4) is 0 Å². The Bertz CT molecular complexity index is 469. The number of rotatable bonds is 7. The van der Waals surface area contributed by atoms with Crippen LogP contribution >= 0.6 is 11.3 Å². The van der Waals surface area contributed by atoms with Crippen LogP contribution in [-0.2, 0) is 10.2 Å². The molecular weight excluding hydrogens is 282 g/mol. The van der Waals surface area contributed by atoms with E-state index in [9.17, 15) is 8.42 Å². The summed E-state index contributed by atoms with van der Waals surface area (Å²) in [4.78, 5) is 2.01. The molecule has 0 fully saturated rings. The zero-order valence-electron chi connectivity index (χ0n) is 12.1. The highest BCUT2D eigenvalue weighted by Gasteiger charge is 2.23. The summed E-state index contributed by atoms with van der Waals surface area (Å²) in [6, 6.07) is 2.01. The van der Waals surface area contributed by atoms with Crippen LogP contribution < -0.4 is 4.72 Å². The Balaban J connectivity index is 2.73. The number of hydrogen-bond donors (Lipinski definition) is 1. The molecule has 1 atom stereocenters. The molecule has 0 spiro atoms. The molecule has 5 nitrogen and oxygen atoms in total. The third-order valence-electron chi connectivity index (χ3n) is 3.12. The maximum Gasteiger partial charge on any atom is 0.279 e. The lowest BCUT2D eigenvalue weighted by Crippen LogP contribution is -2.44. The van der Waals surface area contributed by atoms with Crippen LogP contribution in [0.5, 0.6) is 0 Å². The van der Waals surface area contributed by atoms with Crippen LogP contribution in [0.1, 0.15) is 25.5 Å². The second-order valence-electron chi connectivity index (χ2n) is 5.00. The fourth-order valence-electron chi connectivity index (χ4n) is 1.63. The van der Waals surface area contributed by atoms with Gasteiger partial charge < -0.3 is 4.90 Å². The van der Waals surface area contributed by atoms with Crippen molar-refractivity contribution in [1.29, 1.82) is 0 Å². The maximum atomic E-state index is 12.1. The predicted octanol–water partition coefficient (Wildman–Crippen LogP) is 1.53. The molecule has 7 heteroatoms. The molecular formula is C12H23N3O2S2. The van der Waals surface area contributed by atoms with Crippen LogP contribution in [0.2, 0.25) is 0 Å². The van der Waals surface area contributed by atoms with Crippen molar-refractivity contribution in [3.8, 4) is 0 Å². The van der Waals surface area contributed by atoms with Crippen molar-refractivity contribution in [3.63, 3.8) is 0 Å². The van der Waals surface area contributed by atoms with E-state index in [1.165, 1.54) is 4.31 Å². The Morgan fingerprint density at radius 2 is 1.95 bits per heavy atom. The summed E-state index contributed by atoms with van der Waals surface area (Å²) < 4.78 is 28.1. The lowest BCUT2D eigenvalue weighted by molar-refractivity contribution is 0.297. The lowest BCUT2D eigenvalue weighted by atomic mass is 10.1. The van der Waals surface area contributed by atoms with Gasteiger partial charge in [0.05, 0.1) is 0 Å². The monoisotopic (exact) mass is 305 g/mol. The SMILES string of the molecule is CC(C)N(C)S(=O)(=O)NCC(c1ccsc1)N(C)C. The summed E-state index contributed by atoms with van der Waals surface area (Å²) in [5.41, 5.74) is 1.13. The number of likely N-dealkylation sites (N-methyl/N-ethyl adjacent to an activating group) is 1. The second-order valence-corrected chi connectivity index (χ2v) is 7.59. The topological polar surface area (TPSA) is 52.7 Å². The highest BCUT2D eigenvalue weighted by atomic mass is 32.2. The van der Waals surface area contributed by atoms with Gasteiger partial charge in [0.2, 0.25) is 0 Å². The van der Waals surface area contributed by atoms with Crippen molar-refractivity contribution in [2.24, 2.45) is 0 Å². The van der Waals surface area contributed by atoms with Gasteiger partial charge in [-0.1, -0.05) is 0 Å². The molecule has 1 unspecified atom stereocenters. The van der Waals surface area contributed by atoms with E-state index in [1.54, 1.807) is 18.4 Å². The summed E-state index contributed by atoms with van der Waals surface area (Å²) in [7, 11) is 2.06. The molecule has 1 heterocycles. The Morgan fingerprint density at radius 1 is 1.32 bits per heavy atom. The number of hydrogen-bond acceptors (Lipinski definition) is 4. The van der Waals surface area contributed by atoms with E-state index >= 15 is 0 Å². The Morgan fingerprint density at radius 3 is 2.37 bits per heavy atom. The maximum absolute atomic E-state index is 12.1.